The number of carbonyl (C=O) groups is 2. The molecule has 8 nitrogen and oxygen atoms in total. The summed E-state index contributed by atoms with van der Waals surface area (Å²) in [5.41, 5.74) is 1.56. The third kappa shape index (κ3) is 6.79. The summed E-state index contributed by atoms with van der Waals surface area (Å²) >= 11 is 0. The van der Waals surface area contributed by atoms with Crippen LogP contribution in [-0.2, 0) is 35.2 Å². The minimum atomic E-state index is -4.47. The van der Waals surface area contributed by atoms with Crippen LogP contribution in [0.5, 0.6) is 0 Å². The van der Waals surface area contributed by atoms with E-state index in [0.717, 1.165) is 29.8 Å². The van der Waals surface area contributed by atoms with Crippen LogP contribution in [-0.4, -0.2) is 48.2 Å². The van der Waals surface area contributed by atoms with Gasteiger partial charge in [-0.3, -0.25) is 9.59 Å². The van der Waals surface area contributed by atoms with Gasteiger partial charge in [0.2, 0.25) is 0 Å². The monoisotopic (exact) mass is 502 g/mol. The zero-order valence-electron chi connectivity index (χ0n) is 19.9. The number of alkyl halides is 3. The topological polar surface area (TPSA) is 105 Å². The van der Waals surface area contributed by atoms with E-state index < -0.39 is 23.6 Å². The molecule has 0 aliphatic rings. The van der Waals surface area contributed by atoms with Crippen molar-refractivity contribution in [1.29, 1.82) is 0 Å². The van der Waals surface area contributed by atoms with Gasteiger partial charge in [0.1, 0.15) is 11.6 Å². The van der Waals surface area contributed by atoms with Gasteiger partial charge in [0, 0.05) is 44.4 Å². The van der Waals surface area contributed by atoms with Crippen molar-refractivity contribution in [3.8, 4) is 0 Å². The highest BCUT2D eigenvalue weighted by Gasteiger charge is 2.30. The maximum atomic E-state index is 12.7. The number of halogens is 3. The summed E-state index contributed by atoms with van der Waals surface area (Å²) in [4.78, 5) is 34.5. The lowest BCUT2D eigenvalue weighted by Gasteiger charge is -2.19. The summed E-state index contributed by atoms with van der Waals surface area (Å²) < 4.78 is 43.3. The molecule has 0 unspecified atom stereocenters. The van der Waals surface area contributed by atoms with Crippen molar-refractivity contribution in [3.05, 3.63) is 82.3 Å². The van der Waals surface area contributed by atoms with E-state index >= 15 is 0 Å². The van der Waals surface area contributed by atoms with Crippen LogP contribution in [0.15, 0.2) is 48.5 Å². The Bertz CT molecular complexity index is 1230. The van der Waals surface area contributed by atoms with E-state index in [0.29, 0.717) is 35.0 Å². The maximum Gasteiger partial charge on any atom is 0.416 e. The molecule has 0 saturated heterocycles. The summed E-state index contributed by atoms with van der Waals surface area (Å²) in [6.07, 6.45) is -4.36. The van der Waals surface area contributed by atoms with Crippen molar-refractivity contribution in [2.45, 2.75) is 25.6 Å². The second kappa shape index (κ2) is 11.2. The third-order valence-corrected chi connectivity index (χ3v) is 5.20. The first-order chi connectivity index (χ1) is 17.0. The van der Waals surface area contributed by atoms with Crippen molar-refractivity contribution in [1.82, 2.24) is 9.97 Å². The fourth-order valence-electron chi connectivity index (χ4n) is 3.51. The standard InChI is InChI=1S/C25H25F3N4O4/c1-32(2)23-19(13-22(33)34)20(14-36-3)30-21(31-23)12-15-4-10-18(11-5-15)29-24(35)16-6-8-17(9-7-16)25(26,27)28/h4-11H,12-14H2,1-3H3,(H,29,35)(H,33,34). The molecule has 0 atom stereocenters. The number of hydrogen-bond acceptors (Lipinski definition) is 6. The lowest BCUT2D eigenvalue weighted by atomic mass is 10.1. The van der Waals surface area contributed by atoms with Crippen molar-refractivity contribution >= 4 is 23.4 Å². The smallest absolute Gasteiger partial charge is 0.416 e. The lowest BCUT2D eigenvalue weighted by Crippen LogP contribution is -2.20. The minimum Gasteiger partial charge on any atom is -0.481 e. The number of methoxy groups -OCH3 is 1. The average molecular weight is 502 g/mol. The summed E-state index contributed by atoms with van der Waals surface area (Å²) in [6, 6.07) is 10.8. The summed E-state index contributed by atoms with van der Waals surface area (Å²) in [7, 11) is 5.03. The highest BCUT2D eigenvalue weighted by Crippen LogP contribution is 2.29. The van der Waals surface area contributed by atoms with E-state index in [4.69, 9.17) is 4.74 Å². The Labute approximate surface area is 205 Å². The Morgan fingerprint density at radius 1 is 1.03 bits per heavy atom. The van der Waals surface area contributed by atoms with E-state index in [-0.39, 0.29) is 18.6 Å². The molecule has 0 fully saturated rings. The predicted molar refractivity (Wildman–Crippen MR) is 127 cm³/mol. The number of benzene rings is 2. The molecule has 1 heterocycles. The molecule has 3 aromatic rings. The second-order valence-electron chi connectivity index (χ2n) is 8.19. The van der Waals surface area contributed by atoms with Gasteiger partial charge in [0.15, 0.2) is 0 Å². The number of aliphatic carboxylic acids is 1. The van der Waals surface area contributed by atoms with Crippen LogP contribution in [0.2, 0.25) is 0 Å². The molecule has 2 N–H and O–H groups in total. The van der Waals surface area contributed by atoms with E-state index in [9.17, 15) is 27.9 Å². The average Bonchev–Trinajstić information content (AvgIpc) is 2.81. The molecule has 2 aromatic carbocycles. The number of nitrogens with zero attached hydrogens (tertiary/aromatic N) is 3. The Morgan fingerprint density at radius 3 is 2.19 bits per heavy atom. The van der Waals surface area contributed by atoms with Crippen LogP contribution in [0.3, 0.4) is 0 Å². The first-order valence-corrected chi connectivity index (χ1v) is 10.8. The third-order valence-electron chi connectivity index (χ3n) is 5.20. The first-order valence-electron chi connectivity index (χ1n) is 10.8. The molecule has 1 amide bonds. The molecule has 3 rings (SSSR count). The summed E-state index contributed by atoms with van der Waals surface area (Å²) in [6.45, 7) is 0.133. The van der Waals surface area contributed by atoms with Gasteiger partial charge in [-0.15, -0.1) is 0 Å². The van der Waals surface area contributed by atoms with Gasteiger partial charge in [-0.1, -0.05) is 12.1 Å². The Hall–Kier alpha value is -3.99. The van der Waals surface area contributed by atoms with E-state index in [1.54, 1.807) is 43.3 Å². The molecular weight excluding hydrogens is 477 g/mol. The van der Waals surface area contributed by atoms with Gasteiger partial charge >= 0.3 is 12.1 Å². The van der Waals surface area contributed by atoms with Crippen LogP contribution in [0, 0.1) is 0 Å². The minimum absolute atomic E-state index is 0.101. The number of anilines is 2. The highest BCUT2D eigenvalue weighted by molar-refractivity contribution is 6.04. The lowest BCUT2D eigenvalue weighted by molar-refractivity contribution is -0.138. The molecule has 0 spiro atoms. The van der Waals surface area contributed by atoms with Crippen molar-refractivity contribution < 1.29 is 32.6 Å². The number of nitrogens with one attached hydrogen (secondary N) is 1. The number of ether oxygens (including phenoxy) is 1. The second-order valence-corrected chi connectivity index (χ2v) is 8.19. The number of rotatable bonds is 9. The van der Waals surface area contributed by atoms with E-state index in [1.807, 2.05) is 0 Å². The normalized spacial score (nSPS) is 11.3. The molecule has 1 aromatic heterocycles. The predicted octanol–water partition coefficient (Wildman–Crippen LogP) is 4.18. The Kier molecular flexibility index (Phi) is 8.25. The van der Waals surface area contributed by atoms with Crippen LogP contribution >= 0.6 is 0 Å². The number of amides is 1. The SMILES string of the molecule is COCc1nc(Cc2ccc(NC(=O)c3ccc(C(F)(F)F)cc3)cc2)nc(N(C)C)c1CC(=O)O. The zero-order valence-corrected chi connectivity index (χ0v) is 19.9. The molecule has 0 bridgehead atoms. The van der Waals surface area contributed by atoms with Gasteiger partial charge in [-0.2, -0.15) is 13.2 Å². The van der Waals surface area contributed by atoms with Gasteiger partial charge in [0.05, 0.1) is 24.3 Å². The number of carboxylic acid groups (broad SMARTS) is 1. The van der Waals surface area contributed by atoms with E-state index in [1.165, 1.54) is 7.11 Å². The fourth-order valence-corrected chi connectivity index (χ4v) is 3.51. The molecule has 0 aliphatic heterocycles. The number of carboxylic acids is 1. The molecule has 36 heavy (non-hydrogen) atoms. The summed E-state index contributed by atoms with van der Waals surface area (Å²) in [5.74, 6) is -0.564. The number of carbonyl (C=O) groups excluding carboxylic acids is 1. The molecule has 190 valence electrons. The molecule has 11 heteroatoms. The molecule has 0 radical (unpaired) electrons. The quantitative estimate of drug-likeness (QED) is 0.452. The van der Waals surface area contributed by atoms with Crippen LogP contribution < -0.4 is 10.2 Å². The maximum absolute atomic E-state index is 12.7. The van der Waals surface area contributed by atoms with Crippen molar-refractivity contribution in [2.24, 2.45) is 0 Å². The first kappa shape index (κ1) is 26.6. The van der Waals surface area contributed by atoms with Gasteiger partial charge < -0.3 is 20.1 Å². The molecule has 0 saturated carbocycles. The van der Waals surface area contributed by atoms with Gasteiger partial charge in [0.25, 0.3) is 5.91 Å². The van der Waals surface area contributed by atoms with Crippen LogP contribution in [0.25, 0.3) is 0 Å². The largest absolute Gasteiger partial charge is 0.481 e. The van der Waals surface area contributed by atoms with Crippen LogP contribution in [0.1, 0.15) is 38.6 Å². The molecule has 0 aliphatic carbocycles. The molecular formula is C25H25F3N4O4. The van der Waals surface area contributed by atoms with Gasteiger partial charge in [-0.05, 0) is 42.0 Å². The Balaban J connectivity index is 1.76. The van der Waals surface area contributed by atoms with Crippen LogP contribution in [0.4, 0.5) is 24.7 Å². The van der Waals surface area contributed by atoms with Crippen molar-refractivity contribution in [3.63, 3.8) is 0 Å². The zero-order chi connectivity index (χ0) is 26.5. The number of aromatic nitrogens is 2. The Morgan fingerprint density at radius 2 is 1.67 bits per heavy atom. The van der Waals surface area contributed by atoms with Gasteiger partial charge in [-0.25, -0.2) is 9.97 Å². The number of hydrogen-bond donors (Lipinski definition) is 2. The highest BCUT2D eigenvalue weighted by atomic mass is 19.4. The summed E-state index contributed by atoms with van der Waals surface area (Å²) in [5, 5.41) is 11.9. The van der Waals surface area contributed by atoms with E-state index in [2.05, 4.69) is 15.3 Å². The van der Waals surface area contributed by atoms with Crippen molar-refractivity contribution in [2.75, 3.05) is 31.4 Å². The fraction of sp³-hybridized carbons (Fsp3) is 0.280.